The zero-order valence-electron chi connectivity index (χ0n) is 11.9. The molecule has 0 bridgehead atoms. The molecule has 0 saturated heterocycles. The molecule has 5 heteroatoms. The Morgan fingerprint density at radius 1 is 1.21 bits per heavy atom. The summed E-state index contributed by atoms with van der Waals surface area (Å²) < 4.78 is 15.4. The minimum atomic E-state index is -0.263. The highest BCUT2D eigenvalue weighted by Gasteiger charge is 2.09. The van der Waals surface area contributed by atoms with E-state index in [1.54, 1.807) is 21.1 Å². The first-order chi connectivity index (χ1) is 9.12. The Labute approximate surface area is 113 Å². The summed E-state index contributed by atoms with van der Waals surface area (Å²) in [6, 6.07) is 3.83. The Kier molecular flexibility index (Phi) is 6.15. The summed E-state index contributed by atoms with van der Waals surface area (Å²) in [5.41, 5.74) is 1.95. The zero-order chi connectivity index (χ0) is 14.3. The van der Waals surface area contributed by atoms with Crippen LogP contribution in [0.15, 0.2) is 12.1 Å². The van der Waals surface area contributed by atoms with Crippen LogP contribution in [-0.4, -0.2) is 33.3 Å². The molecule has 0 aromatic heterocycles. The maximum Gasteiger partial charge on any atom is 0.319 e. The number of ether oxygens (including phenoxy) is 3. The lowest BCUT2D eigenvalue weighted by Gasteiger charge is -2.13. The maximum absolute atomic E-state index is 11.2. The molecule has 5 nitrogen and oxygen atoms in total. The van der Waals surface area contributed by atoms with Gasteiger partial charge in [0.25, 0.3) is 0 Å². The van der Waals surface area contributed by atoms with Gasteiger partial charge in [0, 0.05) is 12.1 Å². The monoisotopic (exact) mass is 267 g/mol. The molecule has 0 atom stereocenters. The molecular weight excluding hydrogens is 246 g/mol. The van der Waals surface area contributed by atoms with Gasteiger partial charge in [0.2, 0.25) is 0 Å². The van der Waals surface area contributed by atoms with Gasteiger partial charge in [-0.15, -0.1) is 0 Å². The first-order valence-corrected chi connectivity index (χ1v) is 6.20. The predicted molar refractivity (Wildman–Crippen MR) is 72.6 cm³/mol. The van der Waals surface area contributed by atoms with Crippen LogP contribution in [0.2, 0.25) is 0 Å². The lowest BCUT2D eigenvalue weighted by Crippen LogP contribution is -2.24. The van der Waals surface area contributed by atoms with Crippen LogP contribution in [0, 0.1) is 6.92 Å². The molecule has 0 fully saturated rings. The van der Waals surface area contributed by atoms with Gasteiger partial charge in [0.05, 0.1) is 27.4 Å². The largest absolute Gasteiger partial charge is 0.496 e. The maximum atomic E-state index is 11.2. The van der Waals surface area contributed by atoms with Crippen molar-refractivity contribution in [1.82, 2.24) is 5.32 Å². The second kappa shape index (κ2) is 7.63. The van der Waals surface area contributed by atoms with Crippen LogP contribution in [0.4, 0.5) is 0 Å². The van der Waals surface area contributed by atoms with Gasteiger partial charge in [0.1, 0.15) is 11.5 Å². The minimum Gasteiger partial charge on any atom is -0.496 e. The van der Waals surface area contributed by atoms with Crippen molar-refractivity contribution in [1.29, 1.82) is 0 Å². The fourth-order valence-electron chi connectivity index (χ4n) is 1.76. The smallest absolute Gasteiger partial charge is 0.319 e. The summed E-state index contributed by atoms with van der Waals surface area (Å²) in [5, 5.41) is 3.02. The summed E-state index contributed by atoms with van der Waals surface area (Å²) >= 11 is 0. The Morgan fingerprint density at radius 2 is 1.89 bits per heavy atom. The molecule has 0 unspecified atom stereocenters. The van der Waals surface area contributed by atoms with Crippen molar-refractivity contribution in [2.75, 3.05) is 27.4 Å². The third kappa shape index (κ3) is 4.44. The SMILES string of the molecule is CCOC(=O)CNCc1cc(OC)c(C)cc1OC. The van der Waals surface area contributed by atoms with Crippen LogP contribution in [0.5, 0.6) is 11.5 Å². The molecule has 1 N–H and O–H groups in total. The van der Waals surface area contributed by atoms with Crippen molar-refractivity contribution in [2.24, 2.45) is 0 Å². The number of nitrogens with one attached hydrogen (secondary N) is 1. The minimum absolute atomic E-state index is 0.174. The number of hydrogen-bond donors (Lipinski definition) is 1. The summed E-state index contributed by atoms with van der Waals surface area (Å²) in [4.78, 5) is 11.2. The number of hydrogen-bond acceptors (Lipinski definition) is 5. The Bertz CT molecular complexity index is 432. The summed E-state index contributed by atoms with van der Waals surface area (Å²) in [6.07, 6.45) is 0. The highest BCUT2D eigenvalue weighted by Crippen LogP contribution is 2.27. The van der Waals surface area contributed by atoms with Gasteiger partial charge in [-0.3, -0.25) is 4.79 Å². The topological polar surface area (TPSA) is 56.8 Å². The van der Waals surface area contributed by atoms with E-state index >= 15 is 0 Å². The molecule has 1 aromatic carbocycles. The van der Waals surface area contributed by atoms with Crippen molar-refractivity contribution in [3.05, 3.63) is 23.3 Å². The fraction of sp³-hybridized carbons (Fsp3) is 0.500. The molecule has 106 valence electrons. The van der Waals surface area contributed by atoms with Gasteiger partial charge in [-0.2, -0.15) is 0 Å². The number of esters is 1. The first-order valence-electron chi connectivity index (χ1n) is 6.20. The molecule has 0 aliphatic rings. The average molecular weight is 267 g/mol. The number of benzene rings is 1. The average Bonchev–Trinajstić information content (AvgIpc) is 2.40. The van der Waals surface area contributed by atoms with Crippen LogP contribution < -0.4 is 14.8 Å². The van der Waals surface area contributed by atoms with Gasteiger partial charge >= 0.3 is 5.97 Å². The van der Waals surface area contributed by atoms with E-state index in [9.17, 15) is 4.79 Å². The second-order valence-corrected chi connectivity index (χ2v) is 4.04. The van der Waals surface area contributed by atoms with E-state index < -0.39 is 0 Å². The van der Waals surface area contributed by atoms with Gasteiger partial charge in [-0.25, -0.2) is 0 Å². The number of carbonyl (C=O) groups is 1. The van der Waals surface area contributed by atoms with Gasteiger partial charge in [-0.05, 0) is 31.5 Å². The van der Waals surface area contributed by atoms with Crippen LogP contribution in [-0.2, 0) is 16.1 Å². The van der Waals surface area contributed by atoms with E-state index in [1.165, 1.54) is 0 Å². The van der Waals surface area contributed by atoms with Crippen molar-refractivity contribution in [2.45, 2.75) is 20.4 Å². The van der Waals surface area contributed by atoms with Crippen molar-refractivity contribution < 1.29 is 19.0 Å². The number of carbonyl (C=O) groups excluding carboxylic acids is 1. The Hall–Kier alpha value is -1.75. The van der Waals surface area contributed by atoms with Crippen molar-refractivity contribution >= 4 is 5.97 Å². The summed E-state index contributed by atoms with van der Waals surface area (Å²) in [7, 11) is 3.25. The first kappa shape index (κ1) is 15.3. The molecule has 0 heterocycles. The third-order valence-corrected chi connectivity index (χ3v) is 2.69. The lowest BCUT2D eigenvalue weighted by molar-refractivity contribution is -0.142. The quantitative estimate of drug-likeness (QED) is 0.761. The standard InChI is InChI=1S/C14H21NO4/c1-5-19-14(16)9-15-8-11-7-12(17-3)10(2)6-13(11)18-4/h6-7,15H,5,8-9H2,1-4H3. The molecule has 0 aliphatic heterocycles. The van der Waals surface area contributed by atoms with E-state index in [1.807, 2.05) is 19.1 Å². The number of rotatable bonds is 7. The molecular formula is C14H21NO4. The molecule has 0 saturated carbocycles. The lowest BCUT2D eigenvalue weighted by atomic mass is 10.1. The normalized spacial score (nSPS) is 10.1. The van der Waals surface area contributed by atoms with Crippen molar-refractivity contribution in [3.8, 4) is 11.5 Å². The van der Waals surface area contributed by atoms with Gasteiger partial charge < -0.3 is 19.5 Å². The third-order valence-electron chi connectivity index (χ3n) is 2.69. The van der Waals surface area contributed by atoms with Crippen LogP contribution in [0.25, 0.3) is 0 Å². The van der Waals surface area contributed by atoms with Crippen molar-refractivity contribution in [3.63, 3.8) is 0 Å². The van der Waals surface area contributed by atoms with E-state index in [-0.39, 0.29) is 12.5 Å². The number of aryl methyl sites for hydroxylation is 1. The Morgan fingerprint density at radius 3 is 2.47 bits per heavy atom. The molecule has 0 amide bonds. The molecule has 0 radical (unpaired) electrons. The van der Waals surface area contributed by atoms with Crippen LogP contribution in [0.1, 0.15) is 18.1 Å². The molecule has 0 spiro atoms. The van der Waals surface area contributed by atoms with Gasteiger partial charge in [0.15, 0.2) is 0 Å². The fourth-order valence-corrected chi connectivity index (χ4v) is 1.76. The second-order valence-electron chi connectivity index (χ2n) is 4.04. The predicted octanol–water partition coefficient (Wildman–Crippen LogP) is 1.66. The van der Waals surface area contributed by atoms with E-state index in [4.69, 9.17) is 14.2 Å². The zero-order valence-corrected chi connectivity index (χ0v) is 11.9. The molecule has 0 aliphatic carbocycles. The van der Waals surface area contributed by atoms with Crippen LogP contribution in [0.3, 0.4) is 0 Å². The Balaban J connectivity index is 2.68. The molecule has 1 rings (SSSR count). The summed E-state index contributed by atoms with van der Waals surface area (Å²) in [6.45, 7) is 4.82. The number of methoxy groups -OCH3 is 2. The molecule has 1 aromatic rings. The van der Waals surface area contributed by atoms with Gasteiger partial charge in [-0.1, -0.05) is 0 Å². The molecule has 19 heavy (non-hydrogen) atoms. The van der Waals surface area contributed by atoms with E-state index in [2.05, 4.69) is 5.32 Å². The van der Waals surface area contributed by atoms with E-state index in [0.717, 1.165) is 22.6 Å². The van der Waals surface area contributed by atoms with E-state index in [0.29, 0.717) is 13.2 Å². The highest BCUT2D eigenvalue weighted by molar-refractivity contribution is 5.71. The summed E-state index contributed by atoms with van der Waals surface area (Å²) in [5.74, 6) is 1.31. The highest BCUT2D eigenvalue weighted by atomic mass is 16.5. The van der Waals surface area contributed by atoms with Crippen LogP contribution >= 0.6 is 0 Å².